The number of carbonyl (C=O) groups is 1. The Morgan fingerprint density at radius 2 is 1.95 bits per heavy atom. The average Bonchev–Trinajstić information content (AvgIpc) is 2.46. The molecule has 0 saturated carbocycles. The van der Waals surface area contributed by atoms with Crippen LogP contribution in [0, 0.1) is 0 Å². The summed E-state index contributed by atoms with van der Waals surface area (Å²) >= 11 is 0. The number of ether oxygens (including phenoxy) is 1. The van der Waals surface area contributed by atoms with E-state index in [0.29, 0.717) is 6.04 Å². The molecule has 0 spiro atoms. The number of piperidine rings is 1. The highest BCUT2D eigenvalue weighted by molar-refractivity contribution is 5.73. The number of rotatable bonds is 4. The zero-order valence-electron chi connectivity index (χ0n) is 11.7. The number of benzene rings is 1. The van der Waals surface area contributed by atoms with Crippen LogP contribution in [0.4, 0.5) is 0 Å². The molecule has 1 N–H and O–H groups in total. The van der Waals surface area contributed by atoms with E-state index in [-0.39, 0.29) is 5.91 Å². The molecule has 4 heteroatoms. The molecule has 0 atom stereocenters. The quantitative estimate of drug-likeness (QED) is 0.899. The van der Waals surface area contributed by atoms with Crippen LogP contribution in [0.15, 0.2) is 24.3 Å². The largest absolute Gasteiger partial charge is 0.497 e. The summed E-state index contributed by atoms with van der Waals surface area (Å²) in [7, 11) is 1.68. The first kappa shape index (κ1) is 13.9. The van der Waals surface area contributed by atoms with E-state index in [4.69, 9.17) is 4.74 Å². The first-order valence-electron chi connectivity index (χ1n) is 6.81. The maximum atomic E-state index is 11.2. The van der Waals surface area contributed by atoms with Gasteiger partial charge in [0, 0.05) is 32.6 Å². The molecule has 1 fully saturated rings. The third kappa shape index (κ3) is 3.96. The van der Waals surface area contributed by atoms with Crippen LogP contribution in [-0.4, -0.2) is 37.0 Å². The molecule has 2 rings (SSSR count). The van der Waals surface area contributed by atoms with Crippen molar-refractivity contribution >= 4 is 5.91 Å². The Labute approximate surface area is 114 Å². The van der Waals surface area contributed by atoms with Crippen molar-refractivity contribution in [2.24, 2.45) is 0 Å². The van der Waals surface area contributed by atoms with E-state index in [1.165, 1.54) is 5.56 Å². The molecule has 0 bridgehead atoms. The molecule has 1 saturated heterocycles. The Morgan fingerprint density at radius 3 is 2.47 bits per heavy atom. The van der Waals surface area contributed by atoms with Gasteiger partial charge in [0.1, 0.15) is 5.75 Å². The van der Waals surface area contributed by atoms with Crippen molar-refractivity contribution in [3.8, 4) is 5.75 Å². The Bertz CT molecular complexity index is 409. The van der Waals surface area contributed by atoms with Crippen molar-refractivity contribution in [2.45, 2.75) is 32.4 Å². The van der Waals surface area contributed by atoms with E-state index in [2.05, 4.69) is 17.4 Å². The smallest absolute Gasteiger partial charge is 0.219 e. The fourth-order valence-corrected chi connectivity index (χ4v) is 2.40. The van der Waals surface area contributed by atoms with E-state index < -0.39 is 0 Å². The van der Waals surface area contributed by atoms with E-state index in [1.54, 1.807) is 14.0 Å². The zero-order valence-corrected chi connectivity index (χ0v) is 11.7. The summed E-state index contributed by atoms with van der Waals surface area (Å²) in [6, 6.07) is 8.63. The summed E-state index contributed by atoms with van der Waals surface area (Å²) in [6.45, 7) is 4.26. The van der Waals surface area contributed by atoms with Crippen LogP contribution >= 0.6 is 0 Å². The van der Waals surface area contributed by atoms with Crippen molar-refractivity contribution in [3.05, 3.63) is 29.8 Å². The van der Waals surface area contributed by atoms with Crippen molar-refractivity contribution in [1.82, 2.24) is 10.2 Å². The fourth-order valence-electron chi connectivity index (χ4n) is 2.40. The summed E-state index contributed by atoms with van der Waals surface area (Å²) in [6.07, 6.45) is 2.07. The minimum atomic E-state index is 0.189. The van der Waals surface area contributed by atoms with Gasteiger partial charge in [0.05, 0.1) is 7.11 Å². The van der Waals surface area contributed by atoms with Crippen LogP contribution in [-0.2, 0) is 11.3 Å². The number of methoxy groups -OCH3 is 1. The fraction of sp³-hybridized carbons (Fsp3) is 0.533. The number of carbonyl (C=O) groups excluding carboxylic acids is 1. The predicted molar refractivity (Wildman–Crippen MR) is 75.1 cm³/mol. The maximum absolute atomic E-state index is 11.2. The van der Waals surface area contributed by atoms with Gasteiger partial charge in [-0.2, -0.15) is 0 Å². The van der Waals surface area contributed by atoms with Crippen LogP contribution in [0.5, 0.6) is 5.75 Å². The molecule has 1 aliphatic rings. The van der Waals surface area contributed by atoms with Crippen molar-refractivity contribution in [1.29, 1.82) is 0 Å². The number of hydrogen-bond donors (Lipinski definition) is 1. The number of nitrogens with zero attached hydrogens (tertiary/aromatic N) is 1. The molecule has 1 amide bonds. The lowest BCUT2D eigenvalue weighted by atomic mass is 10.0. The zero-order chi connectivity index (χ0) is 13.7. The van der Waals surface area contributed by atoms with Crippen molar-refractivity contribution in [2.75, 3.05) is 20.2 Å². The Balaban J connectivity index is 1.75. The van der Waals surface area contributed by atoms with E-state index in [9.17, 15) is 4.79 Å². The molecule has 19 heavy (non-hydrogen) atoms. The first-order chi connectivity index (χ1) is 9.19. The summed E-state index contributed by atoms with van der Waals surface area (Å²) in [5, 5.41) is 3.56. The first-order valence-corrected chi connectivity index (χ1v) is 6.81. The summed E-state index contributed by atoms with van der Waals surface area (Å²) in [5.74, 6) is 1.08. The SMILES string of the molecule is COc1ccc(CNC2CCN(C(C)=O)CC2)cc1. The van der Waals surface area contributed by atoms with Gasteiger partial charge in [-0.05, 0) is 30.5 Å². The molecule has 0 unspecified atom stereocenters. The summed E-state index contributed by atoms with van der Waals surface area (Å²) in [5.41, 5.74) is 1.26. The Morgan fingerprint density at radius 1 is 1.32 bits per heavy atom. The van der Waals surface area contributed by atoms with E-state index in [1.807, 2.05) is 17.0 Å². The molecule has 1 aromatic rings. The van der Waals surface area contributed by atoms with Crippen LogP contribution in [0.2, 0.25) is 0 Å². The van der Waals surface area contributed by atoms with Gasteiger partial charge in [-0.3, -0.25) is 4.79 Å². The van der Waals surface area contributed by atoms with Gasteiger partial charge in [-0.25, -0.2) is 0 Å². The lowest BCUT2D eigenvalue weighted by Crippen LogP contribution is -2.43. The minimum Gasteiger partial charge on any atom is -0.497 e. The van der Waals surface area contributed by atoms with Gasteiger partial charge < -0.3 is 15.0 Å². The normalized spacial score (nSPS) is 16.4. The summed E-state index contributed by atoms with van der Waals surface area (Å²) < 4.78 is 5.14. The Hall–Kier alpha value is -1.55. The molecule has 1 aliphatic heterocycles. The molecule has 0 radical (unpaired) electrons. The van der Waals surface area contributed by atoms with Crippen LogP contribution in [0.1, 0.15) is 25.3 Å². The van der Waals surface area contributed by atoms with Crippen LogP contribution in [0.3, 0.4) is 0 Å². The second-order valence-electron chi connectivity index (χ2n) is 5.01. The molecule has 104 valence electrons. The van der Waals surface area contributed by atoms with E-state index >= 15 is 0 Å². The average molecular weight is 262 g/mol. The molecule has 1 aromatic carbocycles. The standard InChI is InChI=1S/C15H22N2O2/c1-12(18)17-9-7-14(8-10-17)16-11-13-3-5-15(19-2)6-4-13/h3-6,14,16H,7-11H2,1-2H3. The topological polar surface area (TPSA) is 41.6 Å². The number of nitrogens with one attached hydrogen (secondary N) is 1. The third-order valence-corrected chi connectivity index (χ3v) is 3.69. The number of likely N-dealkylation sites (tertiary alicyclic amines) is 1. The number of hydrogen-bond acceptors (Lipinski definition) is 3. The van der Waals surface area contributed by atoms with Gasteiger partial charge in [0.2, 0.25) is 5.91 Å². The summed E-state index contributed by atoms with van der Waals surface area (Å²) in [4.78, 5) is 13.2. The maximum Gasteiger partial charge on any atom is 0.219 e. The highest BCUT2D eigenvalue weighted by atomic mass is 16.5. The van der Waals surface area contributed by atoms with Crippen molar-refractivity contribution < 1.29 is 9.53 Å². The van der Waals surface area contributed by atoms with Crippen LogP contribution < -0.4 is 10.1 Å². The lowest BCUT2D eigenvalue weighted by Gasteiger charge is -2.31. The molecule has 0 aliphatic carbocycles. The monoisotopic (exact) mass is 262 g/mol. The predicted octanol–water partition coefficient (Wildman–Crippen LogP) is 1.80. The molecule has 4 nitrogen and oxygen atoms in total. The van der Waals surface area contributed by atoms with Gasteiger partial charge in [0.25, 0.3) is 0 Å². The molecule has 0 aromatic heterocycles. The van der Waals surface area contributed by atoms with Gasteiger partial charge in [-0.1, -0.05) is 12.1 Å². The van der Waals surface area contributed by atoms with Gasteiger partial charge in [0.15, 0.2) is 0 Å². The second kappa shape index (κ2) is 6.57. The lowest BCUT2D eigenvalue weighted by molar-refractivity contribution is -0.129. The minimum absolute atomic E-state index is 0.189. The van der Waals surface area contributed by atoms with E-state index in [0.717, 1.165) is 38.2 Å². The molecular weight excluding hydrogens is 240 g/mol. The number of amides is 1. The highest BCUT2D eigenvalue weighted by Gasteiger charge is 2.19. The second-order valence-corrected chi connectivity index (χ2v) is 5.01. The van der Waals surface area contributed by atoms with Gasteiger partial charge >= 0.3 is 0 Å². The third-order valence-electron chi connectivity index (χ3n) is 3.69. The Kier molecular flexibility index (Phi) is 4.80. The van der Waals surface area contributed by atoms with Crippen LogP contribution in [0.25, 0.3) is 0 Å². The highest BCUT2D eigenvalue weighted by Crippen LogP contribution is 2.13. The van der Waals surface area contributed by atoms with Crippen molar-refractivity contribution in [3.63, 3.8) is 0 Å². The van der Waals surface area contributed by atoms with Gasteiger partial charge in [-0.15, -0.1) is 0 Å². The molecule has 1 heterocycles. The molecular formula is C15H22N2O2.